The van der Waals surface area contributed by atoms with Crippen LogP contribution in [0, 0.1) is 0 Å². The molecule has 0 bridgehead atoms. The van der Waals surface area contributed by atoms with Gasteiger partial charge in [0.2, 0.25) is 0 Å². The van der Waals surface area contributed by atoms with E-state index in [9.17, 15) is 0 Å². The molecule has 0 aliphatic heterocycles. The van der Waals surface area contributed by atoms with E-state index in [1.54, 1.807) is 0 Å². The summed E-state index contributed by atoms with van der Waals surface area (Å²) in [6.07, 6.45) is 0.700. The Morgan fingerprint density at radius 1 is 0.645 bits per heavy atom. The summed E-state index contributed by atoms with van der Waals surface area (Å²) in [5, 5.41) is 8.99. The van der Waals surface area contributed by atoms with Gasteiger partial charge in [0.05, 0.1) is 25.9 Å². The first kappa shape index (κ1) is 31.8. The quantitative estimate of drug-likeness (QED) is 0.209. The fraction of sp³-hybridized carbons (Fsp3) is 1.00. The first-order chi connectivity index (χ1) is 13.8. The largest absolute Gasteiger partial charge is 0.437 e. The fourth-order valence-corrected chi connectivity index (χ4v) is 27.0. The smallest absolute Gasteiger partial charge is 0.317 e. The van der Waals surface area contributed by atoms with Gasteiger partial charge in [0.25, 0.3) is 0 Å². The minimum absolute atomic E-state index is 0.0248. The summed E-state index contributed by atoms with van der Waals surface area (Å²) < 4.78 is 37.6. The molecular weight excluding hydrogens is 481 g/mol. The van der Waals surface area contributed by atoms with Crippen LogP contribution < -0.4 is 0 Å². The topological polar surface area (TPSA) is 75.6 Å². The van der Waals surface area contributed by atoms with E-state index < -0.39 is 42.3 Å². The summed E-state index contributed by atoms with van der Waals surface area (Å²) in [5.41, 5.74) is 0. The lowest BCUT2D eigenvalue weighted by Gasteiger charge is -2.43. The molecule has 0 heterocycles. The second-order valence-corrected chi connectivity index (χ2v) is 31.2. The predicted molar refractivity (Wildman–Crippen MR) is 140 cm³/mol. The lowest BCUT2D eigenvalue weighted by atomic mass is 10.4. The standard InChI is InChI=1S/C19H50O7Si5/c1-19(18-20)22-16-15-21-14-13-17-31(12,25-29(8,9)23-27(2,3)4)26-30(10,11)24-28(5,6)7/h19-20H,13-18H2,1-12H3. The second kappa shape index (κ2) is 13.0. The van der Waals surface area contributed by atoms with Crippen molar-refractivity contribution in [2.45, 2.75) is 97.5 Å². The molecule has 1 atom stereocenters. The zero-order valence-electron chi connectivity index (χ0n) is 22.2. The molecule has 188 valence electrons. The maximum atomic E-state index is 8.99. The van der Waals surface area contributed by atoms with E-state index >= 15 is 0 Å². The molecule has 0 spiro atoms. The lowest BCUT2D eigenvalue weighted by molar-refractivity contribution is -0.0103. The van der Waals surface area contributed by atoms with Crippen LogP contribution in [0.3, 0.4) is 0 Å². The Morgan fingerprint density at radius 3 is 1.48 bits per heavy atom. The Hall–Kier alpha value is 0.804. The van der Waals surface area contributed by atoms with E-state index in [-0.39, 0.29) is 12.7 Å². The third-order valence-corrected chi connectivity index (χ3v) is 21.3. The van der Waals surface area contributed by atoms with Gasteiger partial charge in [-0.1, -0.05) is 0 Å². The molecular formula is C19H50O7Si5. The van der Waals surface area contributed by atoms with Gasteiger partial charge >= 0.3 is 25.7 Å². The number of rotatable bonds is 17. The Morgan fingerprint density at radius 2 is 1.10 bits per heavy atom. The number of aliphatic hydroxyl groups excluding tert-OH is 1. The fourth-order valence-electron chi connectivity index (χ4n) is 3.64. The highest BCUT2D eigenvalue weighted by atomic mass is 28.5. The molecule has 1 N–H and O–H groups in total. The average molecular weight is 531 g/mol. The number of ether oxygens (including phenoxy) is 2. The van der Waals surface area contributed by atoms with Crippen LogP contribution in [0.15, 0.2) is 0 Å². The molecule has 31 heavy (non-hydrogen) atoms. The van der Waals surface area contributed by atoms with Gasteiger partial charge in [0.15, 0.2) is 16.6 Å². The van der Waals surface area contributed by atoms with Crippen molar-refractivity contribution in [1.82, 2.24) is 0 Å². The molecule has 7 nitrogen and oxygen atoms in total. The van der Waals surface area contributed by atoms with Crippen molar-refractivity contribution in [3.8, 4) is 0 Å². The maximum Gasteiger partial charge on any atom is 0.317 e. The van der Waals surface area contributed by atoms with Crippen molar-refractivity contribution in [3.63, 3.8) is 0 Å². The Kier molecular flexibility index (Phi) is 13.4. The first-order valence-electron chi connectivity index (χ1n) is 11.4. The van der Waals surface area contributed by atoms with Crippen molar-refractivity contribution in [1.29, 1.82) is 0 Å². The van der Waals surface area contributed by atoms with Gasteiger partial charge < -0.3 is 31.0 Å². The van der Waals surface area contributed by atoms with Crippen LogP contribution in [-0.4, -0.2) is 80.0 Å². The molecule has 0 aromatic carbocycles. The van der Waals surface area contributed by atoms with E-state index in [1.165, 1.54) is 0 Å². The normalized spacial score (nSPS) is 15.4. The molecule has 0 radical (unpaired) electrons. The van der Waals surface area contributed by atoms with Gasteiger partial charge in [-0.25, -0.2) is 0 Å². The predicted octanol–water partition coefficient (Wildman–Crippen LogP) is 5.00. The van der Waals surface area contributed by atoms with Gasteiger partial charge in [0, 0.05) is 6.61 Å². The van der Waals surface area contributed by atoms with Crippen LogP contribution in [0.4, 0.5) is 0 Å². The molecule has 0 aromatic heterocycles. The van der Waals surface area contributed by atoms with Gasteiger partial charge in [-0.05, 0) is 91.4 Å². The zero-order valence-corrected chi connectivity index (χ0v) is 27.2. The molecule has 0 aliphatic carbocycles. The van der Waals surface area contributed by atoms with Crippen LogP contribution in [0.25, 0.3) is 0 Å². The molecule has 0 aromatic rings. The number of hydrogen-bond acceptors (Lipinski definition) is 7. The highest BCUT2D eigenvalue weighted by Crippen LogP contribution is 2.29. The van der Waals surface area contributed by atoms with E-state index in [2.05, 4.69) is 72.0 Å². The number of aliphatic hydroxyl groups is 1. The van der Waals surface area contributed by atoms with Crippen molar-refractivity contribution in [2.75, 3.05) is 26.4 Å². The van der Waals surface area contributed by atoms with Gasteiger partial charge in [-0.3, -0.25) is 0 Å². The van der Waals surface area contributed by atoms with Crippen LogP contribution in [0.2, 0.25) is 78.1 Å². The third-order valence-electron chi connectivity index (χ3n) is 3.83. The molecule has 1 unspecified atom stereocenters. The van der Waals surface area contributed by atoms with Gasteiger partial charge in [-0.2, -0.15) is 0 Å². The molecule has 12 heteroatoms. The summed E-state index contributed by atoms with van der Waals surface area (Å²) in [6.45, 7) is 27.4. The molecule has 0 amide bonds. The Bertz CT molecular complexity index is 477. The summed E-state index contributed by atoms with van der Waals surface area (Å²) in [6, 6.07) is 0.831. The summed E-state index contributed by atoms with van der Waals surface area (Å²) in [7, 11) is -10.7. The lowest BCUT2D eigenvalue weighted by Crippen LogP contribution is -2.59. The Labute approximate surface area is 197 Å². The van der Waals surface area contributed by atoms with Crippen LogP contribution in [-0.2, 0) is 25.9 Å². The zero-order chi connectivity index (χ0) is 24.6. The van der Waals surface area contributed by atoms with Gasteiger partial charge in [-0.15, -0.1) is 0 Å². The molecule has 0 saturated carbocycles. The molecule has 0 aliphatic rings. The molecule has 0 rings (SSSR count). The summed E-state index contributed by atoms with van der Waals surface area (Å²) >= 11 is 0. The van der Waals surface area contributed by atoms with Crippen molar-refractivity contribution in [2.24, 2.45) is 0 Å². The van der Waals surface area contributed by atoms with Crippen molar-refractivity contribution < 1.29 is 31.0 Å². The van der Waals surface area contributed by atoms with Crippen LogP contribution >= 0.6 is 0 Å². The van der Waals surface area contributed by atoms with E-state index in [1.807, 2.05) is 6.92 Å². The van der Waals surface area contributed by atoms with Crippen molar-refractivity contribution >= 4 is 42.3 Å². The Balaban J connectivity index is 5.02. The minimum atomic E-state index is -2.54. The monoisotopic (exact) mass is 530 g/mol. The SMILES string of the molecule is CC(CO)OCCOCCC[Si](C)(O[Si](C)(C)O[Si](C)(C)C)O[Si](C)(C)O[Si](C)(C)C. The van der Waals surface area contributed by atoms with Gasteiger partial charge in [0.1, 0.15) is 0 Å². The molecule has 0 saturated heterocycles. The number of hydrogen-bond donors (Lipinski definition) is 1. The summed E-state index contributed by atoms with van der Waals surface area (Å²) in [5.74, 6) is 0. The van der Waals surface area contributed by atoms with E-state index in [0.29, 0.717) is 19.8 Å². The summed E-state index contributed by atoms with van der Waals surface area (Å²) in [4.78, 5) is 0. The van der Waals surface area contributed by atoms with E-state index in [4.69, 9.17) is 31.0 Å². The van der Waals surface area contributed by atoms with Crippen LogP contribution in [0.5, 0.6) is 0 Å². The molecule has 0 fully saturated rings. The average Bonchev–Trinajstić information content (AvgIpc) is 2.47. The second-order valence-electron chi connectivity index (χ2n) is 11.1. The van der Waals surface area contributed by atoms with E-state index in [0.717, 1.165) is 12.5 Å². The highest BCUT2D eigenvalue weighted by Gasteiger charge is 2.46. The van der Waals surface area contributed by atoms with Crippen molar-refractivity contribution in [3.05, 3.63) is 0 Å². The first-order valence-corrected chi connectivity index (χ1v) is 26.4. The maximum absolute atomic E-state index is 8.99. The highest BCUT2D eigenvalue weighted by molar-refractivity contribution is 6.90. The van der Waals surface area contributed by atoms with Crippen LogP contribution in [0.1, 0.15) is 13.3 Å². The third kappa shape index (κ3) is 17.9. The minimum Gasteiger partial charge on any atom is -0.437 e.